The van der Waals surface area contributed by atoms with Crippen molar-refractivity contribution in [3.8, 4) is 5.69 Å². The zero-order valence-electron chi connectivity index (χ0n) is 17.6. The van der Waals surface area contributed by atoms with Gasteiger partial charge in [0.05, 0.1) is 17.6 Å². The Morgan fingerprint density at radius 3 is 2.74 bits per heavy atom. The summed E-state index contributed by atoms with van der Waals surface area (Å²) in [7, 11) is 0. The van der Waals surface area contributed by atoms with Crippen molar-refractivity contribution in [3.63, 3.8) is 0 Å². The average Bonchev–Trinajstić information content (AvgIpc) is 3.18. The topological polar surface area (TPSA) is 46.9 Å². The number of halogens is 1. The molecular weight excluding hydrogens is 389 g/mol. The van der Waals surface area contributed by atoms with E-state index in [1.54, 1.807) is 12.1 Å². The van der Waals surface area contributed by atoms with Gasteiger partial charge < -0.3 is 5.32 Å². The molecule has 1 amide bonds. The van der Waals surface area contributed by atoms with E-state index in [1.165, 1.54) is 17.7 Å². The lowest BCUT2D eigenvalue weighted by atomic mass is 9.59. The van der Waals surface area contributed by atoms with Gasteiger partial charge in [-0.15, -0.1) is 0 Å². The molecule has 0 spiro atoms. The molecule has 1 aromatic heterocycles. The van der Waals surface area contributed by atoms with Gasteiger partial charge in [-0.05, 0) is 67.2 Å². The first kappa shape index (κ1) is 19.7. The van der Waals surface area contributed by atoms with Gasteiger partial charge in [0.25, 0.3) is 0 Å². The molecular formula is C26H26FN3O. The summed E-state index contributed by atoms with van der Waals surface area (Å²) < 4.78 is 15.2. The molecule has 0 radical (unpaired) electrons. The standard InChI is InChI=1S/C26H26FN3O/c1-26-15-19-17-29-30(22-12-10-21(27)11-13-22)24(19)14-20(26)8-5-9-23(26)25(31)28-16-18-6-3-2-4-7-18/h2-4,6-7,10-14,17,23H,5,8-9,15-16H2,1H3,(H,28,31)/t23-,26+/m1/s1. The third kappa shape index (κ3) is 3.58. The number of nitrogens with zero attached hydrogens (tertiary/aromatic N) is 2. The Labute approximate surface area is 181 Å². The van der Waals surface area contributed by atoms with Crippen molar-refractivity contribution in [2.24, 2.45) is 11.3 Å². The maximum atomic E-state index is 13.3. The maximum Gasteiger partial charge on any atom is 0.224 e. The number of aromatic nitrogens is 2. The zero-order valence-corrected chi connectivity index (χ0v) is 17.6. The summed E-state index contributed by atoms with van der Waals surface area (Å²) in [4.78, 5) is 13.2. The first-order valence-electron chi connectivity index (χ1n) is 10.9. The lowest BCUT2D eigenvalue weighted by Gasteiger charge is -2.45. The summed E-state index contributed by atoms with van der Waals surface area (Å²) in [6, 6.07) is 16.4. The number of hydrogen-bond donors (Lipinski definition) is 1. The Morgan fingerprint density at radius 2 is 1.97 bits per heavy atom. The maximum absolute atomic E-state index is 13.3. The second-order valence-electron chi connectivity index (χ2n) is 8.86. The molecule has 1 heterocycles. The Hall–Kier alpha value is -3.21. The van der Waals surface area contributed by atoms with E-state index in [-0.39, 0.29) is 23.1 Å². The monoisotopic (exact) mass is 415 g/mol. The molecule has 158 valence electrons. The molecule has 3 aromatic rings. The fourth-order valence-corrected chi connectivity index (χ4v) is 5.16. The molecule has 5 rings (SSSR count). The Bertz CT molecular complexity index is 1130. The van der Waals surface area contributed by atoms with Crippen LogP contribution < -0.4 is 5.32 Å². The minimum absolute atomic E-state index is 0.0569. The normalized spacial score (nSPS) is 22.3. The predicted octanol–water partition coefficient (Wildman–Crippen LogP) is 5.07. The molecule has 1 fully saturated rings. The molecule has 0 aliphatic heterocycles. The summed E-state index contributed by atoms with van der Waals surface area (Å²) in [6.45, 7) is 2.78. The van der Waals surface area contributed by atoms with Gasteiger partial charge in [-0.3, -0.25) is 4.79 Å². The van der Waals surface area contributed by atoms with Crippen LogP contribution in [0.4, 0.5) is 4.39 Å². The number of rotatable bonds is 4. The molecule has 2 aliphatic carbocycles. The molecule has 1 N–H and O–H groups in total. The van der Waals surface area contributed by atoms with Crippen molar-refractivity contribution >= 4 is 12.0 Å². The van der Waals surface area contributed by atoms with Crippen LogP contribution in [0.25, 0.3) is 11.8 Å². The second-order valence-corrected chi connectivity index (χ2v) is 8.86. The molecule has 2 aliphatic rings. The molecule has 1 saturated carbocycles. The summed E-state index contributed by atoms with van der Waals surface area (Å²) in [5.41, 5.74) is 5.25. The summed E-state index contributed by atoms with van der Waals surface area (Å²) in [6.07, 6.45) is 7.79. The molecule has 31 heavy (non-hydrogen) atoms. The summed E-state index contributed by atoms with van der Waals surface area (Å²) in [5.74, 6) is -0.183. The van der Waals surface area contributed by atoms with Gasteiger partial charge in [-0.1, -0.05) is 42.8 Å². The van der Waals surface area contributed by atoms with E-state index in [0.29, 0.717) is 6.54 Å². The number of benzene rings is 2. The third-order valence-corrected chi connectivity index (χ3v) is 6.89. The molecule has 0 bridgehead atoms. The second kappa shape index (κ2) is 7.80. The molecule has 0 saturated heterocycles. The van der Waals surface area contributed by atoms with Gasteiger partial charge in [-0.2, -0.15) is 5.10 Å². The number of amides is 1. The Kier molecular flexibility index (Phi) is 4.97. The van der Waals surface area contributed by atoms with E-state index in [2.05, 4.69) is 23.4 Å². The van der Waals surface area contributed by atoms with Crippen LogP contribution in [0.5, 0.6) is 0 Å². The van der Waals surface area contributed by atoms with Gasteiger partial charge in [0.1, 0.15) is 5.82 Å². The highest BCUT2D eigenvalue weighted by atomic mass is 19.1. The minimum atomic E-state index is -0.257. The van der Waals surface area contributed by atoms with Gasteiger partial charge >= 0.3 is 0 Å². The SMILES string of the molecule is C[C@]12Cc3cnn(-c4ccc(F)cc4)c3C=C1CCC[C@@H]2C(=O)NCc1ccccc1. The number of carbonyl (C=O) groups is 1. The van der Waals surface area contributed by atoms with Crippen LogP contribution in [0.15, 0.2) is 66.4 Å². The highest BCUT2D eigenvalue weighted by Gasteiger charge is 2.46. The van der Waals surface area contributed by atoms with E-state index in [0.717, 1.165) is 48.2 Å². The Balaban J connectivity index is 1.41. The highest BCUT2D eigenvalue weighted by Crippen LogP contribution is 2.51. The molecule has 2 aromatic carbocycles. The van der Waals surface area contributed by atoms with Crippen molar-refractivity contribution in [3.05, 3.63) is 89.0 Å². The molecule has 4 nitrogen and oxygen atoms in total. The van der Waals surface area contributed by atoms with Crippen LogP contribution in [-0.2, 0) is 17.8 Å². The van der Waals surface area contributed by atoms with E-state index in [9.17, 15) is 9.18 Å². The van der Waals surface area contributed by atoms with Crippen molar-refractivity contribution in [2.45, 2.75) is 39.2 Å². The third-order valence-electron chi connectivity index (χ3n) is 6.89. The summed E-state index contributed by atoms with van der Waals surface area (Å²) in [5, 5.41) is 7.75. The van der Waals surface area contributed by atoms with Gasteiger partial charge in [0.2, 0.25) is 5.91 Å². The number of hydrogen-bond acceptors (Lipinski definition) is 2. The highest BCUT2D eigenvalue weighted by molar-refractivity contribution is 5.81. The quantitative estimate of drug-likeness (QED) is 0.646. The van der Waals surface area contributed by atoms with E-state index in [4.69, 9.17) is 0 Å². The Morgan fingerprint density at radius 1 is 1.19 bits per heavy atom. The zero-order chi connectivity index (χ0) is 21.4. The van der Waals surface area contributed by atoms with Crippen molar-refractivity contribution in [1.82, 2.24) is 15.1 Å². The van der Waals surface area contributed by atoms with E-state index in [1.807, 2.05) is 41.2 Å². The first-order valence-corrected chi connectivity index (χ1v) is 10.9. The van der Waals surface area contributed by atoms with Crippen LogP contribution in [0.1, 0.15) is 43.0 Å². The van der Waals surface area contributed by atoms with Gasteiger partial charge in [0, 0.05) is 17.9 Å². The number of allylic oxidation sites excluding steroid dienone is 1. The molecule has 0 unspecified atom stereocenters. The first-order chi connectivity index (χ1) is 15.0. The van der Waals surface area contributed by atoms with Crippen LogP contribution in [-0.4, -0.2) is 15.7 Å². The van der Waals surface area contributed by atoms with E-state index >= 15 is 0 Å². The van der Waals surface area contributed by atoms with Crippen molar-refractivity contribution < 1.29 is 9.18 Å². The smallest absolute Gasteiger partial charge is 0.224 e. The number of nitrogens with one attached hydrogen (secondary N) is 1. The average molecular weight is 416 g/mol. The largest absolute Gasteiger partial charge is 0.352 e. The lowest BCUT2D eigenvalue weighted by molar-refractivity contribution is -0.129. The van der Waals surface area contributed by atoms with Crippen LogP contribution in [0, 0.1) is 17.2 Å². The fourth-order valence-electron chi connectivity index (χ4n) is 5.16. The summed E-state index contributed by atoms with van der Waals surface area (Å²) >= 11 is 0. The van der Waals surface area contributed by atoms with Crippen LogP contribution >= 0.6 is 0 Å². The minimum Gasteiger partial charge on any atom is -0.352 e. The van der Waals surface area contributed by atoms with E-state index < -0.39 is 0 Å². The van der Waals surface area contributed by atoms with Crippen LogP contribution in [0.2, 0.25) is 0 Å². The molecule has 5 heteroatoms. The van der Waals surface area contributed by atoms with Gasteiger partial charge in [-0.25, -0.2) is 9.07 Å². The van der Waals surface area contributed by atoms with Crippen molar-refractivity contribution in [1.29, 1.82) is 0 Å². The predicted molar refractivity (Wildman–Crippen MR) is 119 cm³/mol. The fraction of sp³-hybridized carbons (Fsp3) is 0.308. The molecule has 2 atom stereocenters. The van der Waals surface area contributed by atoms with Gasteiger partial charge in [0.15, 0.2) is 0 Å². The number of carbonyl (C=O) groups excluding carboxylic acids is 1. The number of fused-ring (bicyclic) bond motifs is 2. The lowest BCUT2D eigenvalue weighted by Crippen LogP contribution is -2.45. The van der Waals surface area contributed by atoms with Crippen LogP contribution in [0.3, 0.4) is 0 Å². The van der Waals surface area contributed by atoms with Crippen molar-refractivity contribution in [2.75, 3.05) is 0 Å².